The monoisotopic (exact) mass is 375 g/mol. The number of rotatable bonds is 6. The van der Waals surface area contributed by atoms with E-state index in [4.69, 9.17) is 5.14 Å². The van der Waals surface area contributed by atoms with Crippen LogP contribution in [0.25, 0.3) is 0 Å². The Balaban J connectivity index is 0.00000288. The van der Waals surface area contributed by atoms with E-state index in [1.807, 2.05) is 11.9 Å². The van der Waals surface area contributed by atoms with Gasteiger partial charge in [0, 0.05) is 18.7 Å². The Morgan fingerprint density at radius 1 is 1.25 bits per heavy atom. The minimum atomic E-state index is -3.55. The molecule has 0 spiro atoms. The highest BCUT2D eigenvalue weighted by Crippen LogP contribution is 2.21. The molecule has 3 N–H and O–H groups in total. The van der Waals surface area contributed by atoms with Crippen molar-refractivity contribution in [2.24, 2.45) is 11.1 Å². The van der Waals surface area contributed by atoms with E-state index in [-0.39, 0.29) is 24.1 Å². The first kappa shape index (κ1) is 20.9. The Morgan fingerprint density at radius 2 is 1.83 bits per heavy atom. The highest BCUT2D eigenvalue weighted by atomic mass is 35.5. The molecule has 0 bridgehead atoms. The molecule has 1 saturated heterocycles. The van der Waals surface area contributed by atoms with Gasteiger partial charge >= 0.3 is 0 Å². The van der Waals surface area contributed by atoms with Gasteiger partial charge in [0.05, 0.1) is 5.75 Å². The van der Waals surface area contributed by atoms with Gasteiger partial charge in [0.2, 0.25) is 10.0 Å². The second-order valence-electron chi connectivity index (χ2n) is 6.13. The molecule has 0 atom stereocenters. The number of primary sulfonamides is 1. The van der Waals surface area contributed by atoms with E-state index in [9.17, 15) is 13.2 Å². The number of hydrogen-bond donors (Lipinski definition) is 2. The molecule has 0 aliphatic carbocycles. The molecule has 0 aromatic heterocycles. The van der Waals surface area contributed by atoms with Crippen LogP contribution in [0.1, 0.15) is 35.2 Å². The van der Waals surface area contributed by atoms with Crippen LogP contribution in [-0.4, -0.2) is 45.9 Å². The molecular weight excluding hydrogens is 350 g/mol. The standard InChI is InChI=1S/C16H25N3O3S.ClH/c1-18-9-6-13-7-10-19(11-8-13)16(20)15-4-2-14(3-5-15)12-23(17,21)22;/h2-5,13,18H,6-12H2,1H3,(H2,17,21,22);1H. The number of amides is 1. The lowest BCUT2D eigenvalue weighted by Gasteiger charge is -2.32. The maximum atomic E-state index is 12.5. The molecule has 24 heavy (non-hydrogen) atoms. The summed E-state index contributed by atoms with van der Waals surface area (Å²) in [7, 11) is -1.59. The van der Waals surface area contributed by atoms with E-state index in [0.717, 1.165) is 38.9 Å². The third-order valence-corrected chi connectivity index (χ3v) is 5.01. The van der Waals surface area contributed by atoms with Crippen molar-refractivity contribution in [2.75, 3.05) is 26.7 Å². The lowest BCUT2D eigenvalue weighted by atomic mass is 9.93. The summed E-state index contributed by atoms with van der Waals surface area (Å²) < 4.78 is 22.1. The highest BCUT2D eigenvalue weighted by Gasteiger charge is 2.23. The van der Waals surface area contributed by atoms with Crippen LogP contribution in [0.3, 0.4) is 0 Å². The zero-order chi connectivity index (χ0) is 16.9. The van der Waals surface area contributed by atoms with Crippen molar-refractivity contribution in [3.8, 4) is 0 Å². The molecule has 0 radical (unpaired) electrons. The normalized spacial score (nSPS) is 15.8. The molecule has 6 nitrogen and oxygen atoms in total. The van der Waals surface area contributed by atoms with Crippen LogP contribution in [0.4, 0.5) is 0 Å². The topological polar surface area (TPSA) is 92.5 Å². The molecule has 8 heteroatoms. The third-order valence-electron chi connectivity index (χ3n) is 4.27. The second-order valence-corrected chi connectivity index (χ2v) is 7.75. The molecule has 1 aliphatic rings. The average Bonchev–Trinajstić information content (AvgIpc) is 2.52. The maximum absolute atomic E-state index is 12.5. The summed E-state index contributed by atoms with van der Waals surface area (Å²) in [5, 5.41) is 8.19. The Hall–Kier alpha value is -1.15. The fraction of sp³-hybridized carbons (Fsp3) is 0.562. The first-order chi connectivity index (χ1) is 10.9. The number of likely N-dealkylation sites (tertiary alicyclic amines) is 1. The largest absolute Gasteiger partial charge is 0.339 e. The number of benzene rings is 1. The molecule has 1 amide bonds. The first-order valence-corrected chi connectivity index (χ1v) is 9.64. The van der Waals surface area contributed by atoms with Crippen LogP contribution in [0.2, 0.25) is 0 Å². The molecule has 2 rings (SSSR count). The third kappa shape index (κ3) is 6.39. The Bertz CT molecular complexity index is 626. The fourth-order valence-corrected chi connectivity index (χ4v) is 3.59. The first-order valence-electron chi connectivity index (χ1n) is 7.92. The van der Waals surface area contributed by atoms with E-state index in [1.165, 1.54) is 0 Å². The number of hydrogen-bond acceptors (Lipinski definition) is 4. The quantitative estimate of drug-likeness (QED) is 0.785. The van der Waals surface area contributed by atoms with Crippen LogP contribution in [0.15, 0.2) is 24.3 Å². The number of carbonyl (C=O) groups is 1. The molecule has 0 unspecified atom stereocenters. The summed E-state index contributed by atoms with van der Waals surface area (Å²) >= 11 is 0. The minimum absolute atomic E-state index is 0. The average molecular weight is 376 g/mol. The van der Waals surface area contributed by atoms with E-state index in [0.29, 0.717) is 17.0 Å². The van der Waals surface area contributed by atoms with Crippen molar-refractivity contribution < 1.29 is 13.2 Å². The zero-order valence-electron chi connectivity index (χ0n) is 13.9. The SMILES string of the molecule is CNCCC1CCN(C(=O)c2ccc(CS(N)(=O)=O)cc2)CC1.Cl. The van der Waals surface area contributed by atoms with Gasteiger partial charge in [-0.2, -0.15) is 0 Å². The number of nitrogens with zero attached hydrogens (tertiary/aromatic N) is 1. The van der Waals surface area contributed by atoms with Crippen molar-refractivity contribution in [3.63, 3.8) is 0 Å². The second kappa shape index (κ2) is 9.36. The fourth-order valence-electron chi connectivity index (χ4n) is 2.93. The predicted octanol–water partition coefficient (Wildman–Crippen LogP) is 1.36. The molecule has 1 aliphatic heterocycles. The Kier molecular flexibility index (Phi) is 8.15. The Morgan fingerprint density at radius 3 is 2.33 bits per heavy atom. The zero-order valence-corrected chi connectivity index (χ0v) is 15.5. The molecule has 1 aromatic carbocycles. The number of carbonyl (C=O) groups excluding carboxylic acids is 1. The van der Waals surface area contributed by atoms with Gasteiger partial charge in [-0.15, -0.1) is 12.4 Å². The van der Waals surface area contributed by atoms with Gasteiger partial charge in [0.1, 0.15) is 0 Å². The molecule has 0 saturated carbocycles. The van der Waals surface area contributed by atoms with Crippen LogP contribution >= 0.6 is 12.4 Å². The van der Waals surface area contributed by atoms with Crippen molar-refractivity contribution in [1.29, 1.82) is 0 Å². The van der Waals surface area contributed by atoms with Gasteiger partial charge in [0.25, 0.3) is 5.91 Å². The van der Waals surface area contributed by atoms with E-state index in [1.54, 1.807) is 24.3 Å². The predicted molar refractivity (Wildman–Crippen MR) is 97.7 cm³/mol. The Labute approximate surface area is 150 Å². The number of halogens is 1. The van der Waals surface area contributed by atoms with E-state index < -0.39 is 10.0 Å². The van der Waals surface area contributed by atoms with Crippen LogP contribution in [0, 0.1) is 5.92 Å². The molecule has 1 aromatic rings. The molecule has 136 valence electrons. The smallest absolute Gasteiger partial charge is 0.253 e. The van der Waals surface area contributed by atoms with E-state index >= 15 is 0 Å². The van der Waals surface area contributed by atoms with Gasteiger partial charge in [-0.1, -0.05) is 12.1 Å². The lowest BCUT2D eigenvalue weighted by Crippen LogP contribution is -2.38. The van der Waals surface area contributed by atoms with Crippen LogP contribution < -0.4 is 10.5 Å². The van der Waals surface area contributed by atoms with Crippen molar-refractivity contribution in [1.82, 2.24) is 10.2 Å². The number of sulfonamides is 1. The van der Waals surface area contributed by atoms with Gasteiger partial charge in [-0.25, -0.2) is 13.6 Å². The van der Waals surface area contributed by atoms with Gasteiger partial charge in [0.15, 0.2) is 0 Å². The summed E-state index contributed by atoms with van der Waals surface area (Å²) in [6, 6.07) is 6.65. The molecule has 1 fully saturated rings. The van der Waals surface area contributed by atoms with E-state index in [2.05, 4.69) is 5.32 Å². The summed E-state index contributed by atoms with van der Waals surface area (Å²) in [5.41, 5.74) is 1.19. The summed E-state index contributed by atoms with van der Waals surface area (Å²) in [5.74, 6) is 0.487. The van der Waals surface area contributed by atoms with Gasteiger partial charge < -0.3 is 10.2 Å². The molecule has 1 heterocycles. The number of piperidine rings is 1. The molecular formula is C16H26ClN3O3S. The van der Waals surface area contributed by atoms with Crippen molar-refractivity contribution in [3.05, 3.63) is 35.4 Å². The number of nitrogens with two attached hydrogens (primary N) is 1. The summed E-state index contributed by atoms with van der Waals surface area (Å²) in [6.45, 7) is 2.59. The van der Waals surface area contributed by atoms with Gasteiger partial charge in [-0.05, 0) is 56.5 Å². The van der Waals surface area contributed by atoms with Crippen LogP contribution in [0.5, 0.6) is 0 Å². The van der Waals surface area contributed by atoms with Crippen molar-refractivity contribution >= 4 is 28.3 Å². The maximum Gasteiger partial charge on any atom is 0.253 e. The summed E-state index contributed by atoms with van der Waals surface area (Å²) in [6.07, 6.45) is 3.23. The lowest BCUT2D eigenvalue weighted by molar-refractivity contribution is 0.0687. The van der Waals surface area contributed by atoms with Crippen molar-refractivity contribution in [2.45, 2.75) is 25.0 Å². The highest BCUT2D eigenvalue weighted by molar-refractivity contribution is 7.88. The van der Waals surface area contributed by atoms with Crippen LogP contribution in [-0.2, 0) is 15.8 Å². The summed E-state index contributed by atoms with van der Waals surface area (Å²) in [4.78, 5) is 14.4. The number of nitrogens with one attached hydrogen (secondary N) is 1. The van der Waals surface area contributed by atoms with Gasteiger partial charge in [-0.3, -0.25) is 4.79 Å². The minimum Gasteiger partial charge on any atom is -0.339 e.